The summed E-state index contributed by atoms with van der Waals surface area (Å²) < 4.78 is 0. The highest BCUT2D eigenvalue weighted by atomic mass is 32.2. The largest absolute Gasteiger partial charge is 0.480 e. The average Bonchev–Trinajstić information content (AvgIpc) is 2.84. The van der Waals surface area contributed by atoms with Crippen LogP contribution >= 0.6 is 23.1 Å². The zero-order valence-electron chi connectivity index (χ0n) is 9.96. The summed E-state index contributed by atoms with van der Waals surface area (Å²) in [6.07, 6.45) is 5.36. The van der Waals surface area contributed by atoms with Crippen LogP contribution in [0.15, 0.2) is 23.6 Å². The van der Waals surface area contributed by atoms with Crippen LogP contribution in [0.2, 0.25) is 0 Å². The molecule has 0 aliphatic carbocycles. The lowest BCUT2D eigenvalue weighted by Crippen LogP contribution is -2.40. The molecular formula is C12H15NO3S2. The van der Waals surface area contributed by atoms with E-state index in [1.807, 2.05) is 23.8 Å². The van der Waals surface area contributed by atoms with Gasteiger partial charge in [-0.2, -0.15) is 11.8 Å². The van der Waals surface area contributed by atoms with Gasteiger partial charge in [0, 0.05) is 11.0 Å². The van der Waals surface area contributed by atoms with Crippen molar-refractivity contribution in [3.8, 4) is 0 Å². The molecule has 1 aromatic rings. The monoisotopic (exact) mass is 285 g/mol. The summed E-state index contributed by atoms with van der Waals surface area (Å²) in [6, 6.07) is 2.95. The first-order valence-corrected chi connectivity index (χ1v) is 7.64. The van der Waals surface area contributed by atoms with E-state index in [-0.39, 0.29) is 5.91 Å². The van der Waals surface area contributed by atoms with Crippen molar-refractivity contribution in [2.45, 2.75) is 12.5 Å². The molecular weight excluding hydrogens is 270 g/mol. The maximum Gasteiger partial charge on any atom is 0.326 e. The summed E-state index contributed by atoms with van der Waals surface area (Å²) in [6.45, 7) is 0. The third-order valence-corrected chi connectivity index (χ3v) is 3.65. The number of hydrogen-bond donors (Lipinski definition) is 2. The molecule has 18 heavy (non-hydrogen) atoms. The van der Waals surface area contributed by atoms with E-state index in [2.05, 4.69) is 5.32 Å². The quantitative estimate of drug-likeness (QED) is 0.753. The Kier molecular flexibility index (Phi) is 6.53. The summed E-state index contributed by atoms with van der Waals surface area (Å²) in [5.41, 5.74) is 0. The number of carboxylic acids is 1. The van der Waals surface area contributed by atoms with Crippen LogP contribution in [0, 0.1) is 0 Å². The minimum atomic E-state index is -0.998. The molecule has 0 radical (unpaired) electrons. The van der Waals surface area contributed by atoms with Crippen LogP contribution in [0.3, 0.4) is 0 Å². The summed E-state index contributed by atoms with van der Waals surface area (Å²) in [4.78, 5) is 23.4. The van der Waals surface area contributed by atoms with Gasteiger partial charge in [0.15, 0.2) is 0 Å². The first-order chi connectivity index (χ1) is 8.63. The second-order valence-electron chi connectivity index (χ2n) is 3.53. The summed E-state index contributed by atoms with van der Waals surface area (Å²) in [7, 11) is 0. The number of nitrogens with one attached hydrogen (secondary N) is 1. The highest BCUT2D eigenvalue weighted by Gasteiger charge is 2.17. The third-order valence-electron chi connectivity index (χ3n) is 2.17. The lowest BCUT2D eigenvalue weighted by atomic mass is 10.2. The van der Waals surface area contributed by atoms with E-state index in [1.54, 1.807) is 17.8 Å². The smallest absolute Gasteiger partial charge is 0.326 e. The van der Waals surface area contributed by atoms with Gasteiger partial charge in [0.2, 0.25) is 5.91 Å². The van der Waals surface area contributed by atoms with Crippen molar-refractivity contribution >= 4 is 41.1 Å². The molecule has 0 saturated carbocycles. The van der Waals surface area contributed by atoms with Gasteiger partial charge in [-0.25, -0.2) is 4.79 Å². The van der Waals surface area contributed by atoms with Crippen LogP contribution in [0.25, 0.3) is 6.08 Å². The van der Waals surface area contributed by atoms with E-state index in [4.69, 9.17) is 5.11 Å². The SMILES string of the molecule is CSCC[C@H](NC(=O)/C=C/c1cccs1)C(=O)O. The number of carbonyl (C=O) groups excluding carboxylic acids is 1. The molecule has 0 bridgehead atoms. The van der Waals surface area contributed by atoms with Crippen molar-refractivity contribution < 1.29 is 14.7 Å². The average molecular weight is 285 g/mol. The Morgan fingerprint density at radius 3 is 2.94 bits per heavy atom. The van der Waals surface area contributed by atoms with Crippen LogP contribution in [0.4, 0.5) is 0 Å². The number of hydrogen-bond acceptors (Lipinski definition) is 4. The molecule has 2 N–H and O–H groups in total. The molecule has 6 heteroatoms. The zero-order chi connectivity index (χ0) is 13.4. The van der Waals surface area contributed by atoms with Gasteiger partial charge >= 0.3 is 5.97 Å². The second-order valence-corrected chi connectivity index (χ2v) is 5.49. The normalized spacial score (nSPS) is 12.5. The predicted molar refractivity (Wildman–Crippen MR) is 75.9 cm³/mol. The fourth-order valence-corrected chi connectivity index (χ4v) is 2.35. The number of thiophene rings is 1. The Balaban J connectivity index is 2.48. The lowest BCUT2D eigenvalue weighted by molar-refractivity contribution is -0.141. The predicted octanol–water partition coefficient (Wildman–Crippen LogP) is 2.08. The zero-order valence-corrected chi connectivity index (χ0v) is 11.6. The Morgan fingerprint density at radius 2 is 2.39 bits per heavy atom. The minimum Gasteiger partial charge on any atom is -0.480 e. The highest BCUT2D eigenvalue weighted by molar-refractivity contribution is 7.98. The van der Waals surface area contributed by atoms with Gasteiger partial charge in [0.25, 0.3) is 0 Å². The molecule has 1 aromatic heterocycles. The molecule has 98 valence electrons. The maximum atomic E-state index is 11.6. The Bertz CT molecular complexity index is 415. The molecule has 1 rings (SSSR count). The van der Waals surface area contributed by atoms with E-state index >= 15 is 0 Å². The first-order valence-electron chi connectivity index (χ1n) is 5.37. The van der Waals surface area contributed by atoms with E-state index < -0.39 is 12.0 Å². The van der Waals surface area contributed by atoms with Crippen molar-refractivity contribution in [3.63, 3.8) is 0 Å². The number of carbonyl (C=O) groups is 2. The van der Waals surface area contributed by atoms with E-state index in [0.29, 0.717) is 12.2 Å². The van der Waals surface area contributed by atoms with E-state index in [9.17, 15) is 9.59 Å². The topological polar surface area (TPSA) is 66.4 Å². The number of carboxylic acid groups (broad SMARTS) is 1. The molecule has 0 aliphatic rings. The van der Waals surface area contributed by atoms with Gasteiger partial charge in [-0.05, 0) is 36.0 Å². The fraction of sp³-hybridized carbons (Fsp3) is 0.333. The van der Waals surface area contributed by atoms with Gasteiger partial charge < -0.3 is 10.4 Å². The molecule has 0 fully saturated rings. The van der Waals surface area contributed by atoms with Gasteiger partial charge in [0.05, 0.1) is 0 Å². The highest BCUT2D eigenvalue weighted by Crippen LogP contribution is 2.10. The Labute approximate surface area is 114 Å². The molecule has 4 nitrogen and oxygen atoms in total. The van der Waals surface area contributed by atoms with Gasteiger partial charge in [0.1, 0.15) is 6.04 Å². The van der Waals surface area contributed by atoms with Crippen LogP contribution < -0.4 is 5.32 Å². The summed E-state index contributed by atoms with van der Waals surface area (Å²) >= 11 is 3.07. The molecule has 0 unspecified atom stereocenters. The van der Waals surface area contributed by atoms with Crippen molar-refractivity contribution in [2.75, 3.05) is 12.0 Å². The number of rotatable bonds is 7. The molecule has 0 saturated heterocycles. The Hall–Kier alpha value is -1.27. The number of aliphatic carboxylic acids is 1. The summed E-state index contributed by atoms with van der Waals surface area (Å²) in [5.74, 6) is -0.676. The van der Waals surface area contributed by atoms with Crippen molar-refractivity contribution in [1.29, 1.82) is 0 Å². The summed E-state index contributed by atoms with van der Waals surface area (Å²) in [5, 5.41) is 13.3. The van der Waals surface area contributed by atoms with Gasteiger partial charge in [-0.15, -0.1) is 11.3 Å². The van der Waals surface area contributed by atoms with Crippen LogP contribution in [-0.2, 0) is 9.59 Å². The third kappa shape index (κ3) is 5.37. The van der Waals surface area contributed by atoms with Gasteiger partial charge in [-0.3, -0.25) is 4.79 Å². The second kappa shape index (κ2) is 7.94. The van der Waals surface area contributed by atoms with Crippen molar-refractivity contribution in [3.05, 3.63) is 28.5 Å². The number of amides is 1. The maximum absolute atomic E-state index is 11.6. The molecule has 1 amide bonds. The number of thioether (sulfide) groups is 1. The molecule has 1 heterocycles. The van der Waals surface area contributed by atoms with Crippen molar-refractivity contribution in [2.24, 2.45) is 0 Å². The van der Waals surface area contributed by atoms with Crippen LogP contribution in [0.5, 0.6) is 0 Å². The Morgan fingerprint density at radius 1 is 1.61 bits per heavy atom. The fourth-order valence-electron chi connectivity index (χ4n) is 1.26. The standard InChI is InChI=1S/C12H15NO3S2/c1-17-8-6-10(12(15)16)13-11(14)5-4-9-3-2-7-18-9/h2-5,7,10H,6,8H2,1H3,(H,13,14)(H,15,16)/b5-4+/t10-/m0/s1. The van der Waals surface area contributed by atoms with E-state index in [1.165, 1.54) is 17.4 Å². The molecule has 0 spiro atoms. The molecule has 1 atom stereocenters. The van der Waals surface area contributed by atoms with E-state index in [0.717, 1.165) is 4.88 Å². The minimum absolute atomic E-state index is 0.378. The first kappa shape index (κ1) is 14.8. The van der Waals surface area contributed by atoms with Crippen LogP contribution in [-0.4, -0.2) is 35.0 Å². The molecule has 0 aromatic carbocycles. The molecule has 0 aliphatic heterocycles. The van der Waals surface area contributed by atoms with Crippen molar-refractivity contribution in [1.82, 2.24) is 5.32 Å². The van der Waals surface area contributed by atoms with Gasteiger partial charge in [-0.1, -0.05) is 6.07 Å². The van der Waals surface area contributed by atoms with Crippen LogP contribution in [0.1, 0.15) is 11.3 Å². The lowest BCUT2D eigenvalue weighted by Gasteiger charge is -2.12.